The number of sulfonamides is 1. The Morgan fingerprint density at radius 3 is 2.19 bits per heavy atom. The monoisotopic (exact) mass is 413 g/mol. The van der Waals surface area contributed by atoms with Crippen molar-refractivity contribution >= 4 is 44.6 Å². The van der Waals surface area contributed by atoms with E-state index >= 15 is 0 Å². The average Bonchev–Trinajstić information content (AvgIpc) is 2.61. The van der Waals surface area contributed by atoms with E-state index in [-0.39, 0.29) is 14.9 Å². The molecule has 1 aliphatic heterocycles. The lowest BCUT2D eigenvalue weighted by Gasteiger charge is -2.36. The standard InChI is InChI=1S/C18H21Cl2N3O2S/c1-2-22-10-12-23(13-11-22)17-9-4-3-8-16(17)21-26(24,25)18-14(19)6-5-7-15(18)20/h3-9,21H,2,10-13H2,1H3. The van der Waals surface area contributed by atoms with Crippen molar-refractivity contribution in [3.63, 3.8) is 0 Å². The predicted molar refractivity (Wildman–Crippen MR) is 108 cm³/mol. The van der Waals surface area contributed by atoms with Gasteiger partial charge in [-0.15, -0.1) is 0 Å². The molecular weight excluding hydrogens is 393 g/mol. The largest absolute Gasteiger partial charge is 0.367 e. The normalized spacial score (nSPS) is 15.9. The van der Waals surface area contributed by atoms with Crippen LogP contribution in [-0.4, -0.2) is 46.0 Å². The number of hydrogen-bond donors (Lipinski definition) is 1. The number of benzene rings is 2. The highest BCUT2D eigenvalue weighted by molar-refractivity contribution is 7.93. The number of likely N-dealkylation sites (N-methyl/N-ethyl adjacent to an activating group) is 1. The van der Waals surface area contributed by atoms with E-state index in [1.54, 1.807) is 18.2 Å². The van der Waals surface area contributed by atoms with Gasteiger partial charge in [0.2, 0.25) is 0 Å². The third-order valence-corrected chi connectivity index (χ3v) is 6.82. The number of rotatable bonds is 5. The lowest BCUT2D eigenvalue weighted by Crippen LogP contribution is -2.46. The summed E-state index contributed by atoms with van der Waals surface area (Å²) in [7, 11) is -3.90. The summed E-state index contributed by atoms with van der Waals surface area (Å²) in [5.74, 6) is 0. The quantitative estimate of drug-likeness (QED) is 0.806. The van der Waals surface area contributed by atoms with Gasteiger partial charge in [0, 0.05) is 26.2 Å². The molecule has 26 heavy (non-hydrogen) atoms. The second-order valence-corrected chi connectivity index (χ2v) is 8.53. The van der Waals surface area contributed by atoms with Crippen LogP contribution in [0.4, 0.5) is 11.4 Å². The van der Waals surface area contributed by atoms with Gasteiger partial charge in [0.25, 0.3) is 10.0 Å². The molecule has 1 saturated heterocycles. The Hall–Kier alpha value is -1.47. The fourth-order valence-electron chi connectivity index (χ4n) is 3.08. The Labute approximate surface area is 164 Å². The summed E-state index contributed by atoms with van der Waals surface area (Å²) < 4.78 is 28.4. The van der Waals surface area contributed by atoms with Crippen LogP contribution in [-0.2, 0) is 10.0 Å². The second-order valence-electron chi connectivity index (χ2n) is 6.09. The zero-order valence-corrected chi connectivity index (χ0v) is 16.8. The van der Waals surface area contributed by atoms with Crippen molar-refractivity contribution in [3.8, 4) is 0 Å². The summed E-state index contributed by atoms with van der Waals surface area (Å²) in [6, 6.07) is 12.0. The number of halogens is 2. The first kappa shape index (κ1) is 19.3. The SMILES string of the molecule is CCN1CCN(c2ccccc2NS(=O)(=O)c2c(Cl)cccc2Cl)CC1. The van der Waals surface area contributed by atoms with E-state index in [4.69, 9.17) is 23.2 Å². The van der Waals surface area contributed by atoms with Gasteiger partial charge in [-0.25, -0.2) is 8.42 Å². The molecule has 0 amide bonds. The summed E-state index contributed by atoms with van der Waals surface area (Å²) in [5, 5.41) is 0.193. The third-order valence-electron chi connectivity index (χ3n) is 4.50. The summed E-state index contributed by atoms with van der Waals surface area (Å²) in [5.41, 5.74) is 1.38. The molecule has 5 nitrogen and oxygen atoms in total. The van der Waals surface area contributed by atoms with Crippen molar-refractivity contribution < 1.29 is 8.42 Å². The van der Waals surface area contributed by atoms with Gasteiger partial charge in [-0.1, -0.05) is 48.3 Å². The van der Waals surface area contributed by atoms with Crippen molar-refractivity contribution in [2.24, 2.45) is 0 Å². The maximum absolute atomic E-state index is 12.9. The van der Waals surface area contributed by atoms with Gasteiger partial charge < -0.3 is 9.80 Å². The minimum absolute atomic E-state index is 0.0963. The maximum atomic E-state index is 12.9. The third kappa shape index (κ3) is 4.09. The summed E-state index contributed by atoms with van der Waals surface area (Å²) >= 11 is 12.2. The molecule has 0 atom stereocenters. The summed E-state index contributed by atoms with van der Waals surface area (Å²) in [6.45, 7) is 6.76. The van der Waals surface area contributed by atoms with E-state index in [0.717, 1.165) is 38.4 Å². The van der Waals surface area contributed by atoms with Crippen molar-refractivity contribution in [3.05, 3.63) is 52.5 Å². The molecule has 2 aromatic rings. The molecule has 2 aromatic carbocycles. The van der Waals surface area contributed by atoms with Gasteiger partial charge in [0.05, 0.1) is 21.4 Å². The molecule has 0 bridgehead atoms. The molecule has 0 unspecified atom stereocenters. The van der Waals surface area contributed by atoms with E-state index < -0.39 is 10.0 Å². The van der Waals surface area contributed by atoms with Crippen LogP contribution in [0.1, 0.15) is 6.92 Å². The molecule has 8 heteroatoms. The predicted octanol–water partition coefficient (Wildman–Crippen LogP) is 3.94. The molecule has 0 radical (unpaired) electrons. The number of anilines is 2. The highest BCUT2D eigenvalue weighted by Gasteiger charge is 2.24. The van der Waals surface area contributed by atoms with E-state index in [1.165, 1.54) is 12.1 Å². The lowest BCUT2D eigenvalue weighted by molar-refractivity contribution is 0.271. The Kier molecular flexibility index (Phi) is 5.97. The van der Waals surface area contributed by atoms with Crippen molar-refractivity contribution in [2.45, 2.75) is 11.8 Å². The van der Waals surface area contributed by atoms with Gasteiger partial charge >= 0.3 is 0 Å². The van der Waals surface area contributed by atoms with Crippen LogP contribution in [0.5, 0.6) is 0 Å². The number of hydrogen-bond acceptors (Lipinski definition) is 4. The molecule has 0 spiro atoms. The Bertz CT molecular complexity index is 862. The highest BCUT2D eigenvalue weighted by Crippen LogP contribution is 2.33. The molecule has 1 N–H and O–H groups in total. The van der Waals surface area contributed by atoms with Gasteiger partial charge in [0.15, 0.2) is 0 Å². The highest BCUT2D eigenvalue weighted by atomic mass is 35.5. The van der Waals surface area contributed by atoms with Crippen molar-refractivity contribution in [1.29, 1.82) is 0 Å². The van der Waals surface area contributed by atoms with Gasteiger partial charge in [-0.05, 0) is 30.8 Å². The maximum Gasteiger partial charge on any atom is 0.264 e. The summed E-state index contributed by atoms with van der Waals surface area (Å²) in [4.78, 5) is 4.46. The molecule has 1 heterocycles. The summed E-state index contributed by atoms with van der Waals surface area (Å²) in [6.07, 6.45) is 0. The van der Waals surface area contributed by atoms with Crippen LogP contribution in [0.2, 0.25) is 10.0 Å². The van der Waals surface area contributed by atoms with E-state index in [9.17, 15) is 8.42 Å². The van der Waals surface area contributed by atoms with Crippen LogP contribution in [0.25, 0.3) is 0 Å². The first-order valence-corrected chi connectivity index (χ1v) is 10.7. The molecule has 140 valence electrons. The van der Waals surface area contributed by atoms with Gasteiger partial charge in [0.1, 0.15) is 4.90 Å². The van der Waals surface area contributed by atoms with Crippen molar-refractivity contribution in [2.75, 3.05) is 42.3 Å². The zero-order valence-electron chi connectivity index (χ0n) is 14.5. The molecule has 0 aromatic heterocycles. The minimum Gasteiger partial charge on any atom is -0.367 e. The second kappa shape index (κ2) is 8.05. The van der Waals surface area contributed by atoms with Crippen LogP contribution >= 0.6 is 23.2 Å². The average molecular weight is 414 g/mol. The molecule has 1 aliphatic rings. The van der Waals surface area contributed by atoms with Crippen LogP contribution in [0.3, 0.4) is 0 Å². The van der Waals surface area contributed by atoms with E-state index in [0.29, 0.717) is 5.69 Å². The van der Waals surface area contributed by atoms with E-state index in [2.05, 4.69) is 21.4 Å². The zero-order chi connectivity index (χ0) is 18.7. The Morgan fingerprint density at radius 2 is 1.58 bits per heavy atom. The van der Waals surface area contributed by atoms with E-state index in [1.807, 2.05) is 12.1 Å². The van der Waals surface area contributed by atoms with Crippen molar-refractivity contribution in [1.82, 2.24) is 4.90 Å². The topological polar surface area (TPSA) is 52.6 Å². The number of para-hydroxylation sites is 2. The lowest BCUT2D eigenvalue weighted by atomic mass is 10.2. The smallest absolute Gasteiger partial charge is 0.264 e. The fraction of sp³-hybridized carbons (Fsp3) is 0.333. The Balaban J connectivity index is 1.89. The van der Waals surface area contributed by atoms with Gasteiger partial charge in [-0.2, -0.15) is 0 Å². The minimum atomic E-state index is -3.90. The fourth-order valence-corrected chi connectivity index (χ4v) is 5.30. The molecule has 0 aliphatic carbocycles. The molecule has 1 fully saturated rings. The number of nitrogens with one attached hydrogen (secondary N) is 1. The van der Waals surface area contributed by atoms with Gasteiger partial charge in [-0.3, -0.25) is 4.72 Å². The first-order chi connectivity index (χ1) is 12.4. The molecule has 0 saturated carbocycles. The first-order valence-electron chi connectivity index (χ1n) is 8.45. The van der Waals surface area contributed by atoms with Crippen LogP contribution < -0.4 is 9.62 Å². The Morgan fingerprint density at radius 1 is 0.962 bits per heavy atom. The molecular formula is C18H21Cl2N3O2S. The number of nitrogens with zero attached hydrogens (tertiary/aromatic N) is 2. The number of piperazine rings is 1. The van der Waals surface area contributed by atoms with Crippen LogP contribution in [0.15, 0.2) is 47.4 Å². The molecule has 3 rings (SSSR count). The van der Waals surface area contributed by atoms with Crippen LogP contribution in [0, 0.1) is 0 Å².